The molecule has 0 saturated heterocycles. The minimum absolute atomic E-state index is 0.318. The molecule has 0 atom stereocenters. The van der Waals surface area contributed by atoms with Gasteiger partial charge in [0.2, 0.25) is 5.89 Å². The van der Waals surface area contributed by atoms with E-state index in [1.165, 1.54) is 19.1 Å². The molecule has 5 heteroatoms. The van der Waals surface area contributed by atoms with E-state index in [9.17, 15) is 9.18 Å². The maximum absolute atomic E-state index is 12.9. The number of esters is 1. The van der Waals surface area contributed by atoms with Crippen LogP contribution in [0.3, 0.4) is 0 Å². The molecular weight excluding hydrogens is 261 g/mol. The Labute approximate surface area is 113 Å². The molecule has 1 heterocycles. The molecule has 0 aliphatic carbocycles. The predicted molar refractivity (Wildman–Crippen MR) is 70.7 cm³/mol. The van der Waals surface area contributed by atoms with Crippen LogP contribution in [0.1, 0.15) is 6.92 Å². The van der Waals surface area contributed by atoms with Crippen molar-refractivity contribution in [2.75, 3.05) is 0 Å². The second-order valence-corrected chi connectivity index (χ2v) is 4.25. The van der Waals surface area contributed by atoms with Gasteiger partial charge in [0.05, 0.1) is 0 Å². The van der Waals surface area contributed by atoms with Crippen molar-refractivity contribution in [3.05, 3.63) is 48.3 Å². The van der Waals surface area contributed by atoms with Crippen molar-refractivity contribution in [1.29, 1.82) is 0 Å². The molecule has 1 aromatic heterocycles. The van der Waals surface area contributed by atoms with E-state index in [0.29, 0.717) is 28.3 Å². The maximum Gasteiger partial charge on any atom is 0.308 e. The van der Waals surface area contributed by atoms with Gasteiger partial charge in [-0.05, 0) is 36.4 Å². The first-order valence-electron chi connectivity index (χ1n) is 5.97. The van der Waals surface area contributed by atoms with Crippen LogP contribution in [0.5, 0.6) is 5.75 Å². The zero-order chi connectivity index (χ0) is 14.1. The second-order valence-electron chi connectivity index (χ2n) is 4.25. The highest BCUT2D eigenvalue weighted by Gasteiger charge is 2.10. The van der Waals surface area contributed by atoms with E-state index in [1.807, 2.05) is 0 Å². The summed E-state index contributed by atoms with van der Waals surface area (Å²) in [5, 5.41) is 0. The molecular formula is C15H10FNO3. The molecule has 4 nitrogen and oxygen atoms in total. The summed E-state index contributed by atoms with van der Waals surface area (Å²) in [6.07, 6.45) is 0. The fourth-order valence-electron chi connectivity index (χ4n) is 1.85. The molecule has 0 aliphatic rings. The van der Waals surface area contributed by atoms with Gasteiger partial charge in [-0.3, -0.25) is 4.79 Å². The van der Waals surface area contributed by atoms with Crippen LogP contribution in [0.2, 0.25) is 0 Å². The minimum atomic E-state index is -0.397. The van der Waals surface area contributed by atoms with E-state index in [4.69, 9.17) is 9.15 Å². The van der Waals surface area contributed by atoms with Gasteiger partial charge in [-0.25, -0.2) is 9.37 Å². The highest BCUT2D eigenvalue weighted by Crippen LogP contribution is 2.27. The zero-order valence-electron chi connectivity index (χ0n) is 10.6. The summed E-state index contributed by atoms with van der Waals surface area (Å²) in [5.74, 6) is 0.0811. The number of aromatic nitrogens is 1. The highest BCUT2D eigenvalue weighted by molar-refractivity contribution is 5.79. The Morgan fingerprint density at radius 1 is 1.20 bits per heavy atom. The van der Waals surface area contributed by atoms with E-state index in [1.54, 1.807) is 30.3 Å². The van der Waals surface area contributed by atoms with E-state index >= 15 is 0 Å². The Hall–Kier alpha value is -2.69. The standard InChI is InChI=1S/C15H10FNO3/c1-9(18)19-12-6-7-14-13(8-12)17-15(20-14)10-2-4-11(16)5-3-10/h2-8H,1H3. The molecule has 0 aliphatic heterocycles. The van der Waals surface area contributed by atoms with Crippen molar-refractivity contribution in [3.63, 3.8) is 0 Å². The summed E-state index contributed by atoms with van der Waals surface area (Å²) >= 11 is 0. The molecule has 20 heavy (non-hydrogen) atoms. The van der Waals surface area contributed by atoms with Crippen molar-refractivity contribution >= 4 is 17.1 Å². The average Bonchev–Trinajstić information content (AvgIpc) is 2.81. The van der Waals surface area contributed by atoms with Crippen LogP contribution in [-0.4, -0.2) is 11.0 Å². The number of hydrogen-bond acceptors (Lipinski definition) is 4. The SMILES string of the molecule is CC(=O)Oc1ccc2oc(-c3ccc(F)cc3)nc2c1. The number of carbonyl (C=O) groups is 1. The van der Waals surface area contributed by atoms with Crippen molar-refractivity contribution in [2.45, 2.75) is 6.92 Å². The number of carbonyl (C=O) groups excluding carboxylic acids is 1. The first-order chi connectivity index (χ1) is 9.61. The Morgan fingerprint density at radius 2 is 1.95 bits per heavy atom. The van der Waals surface area contributed by atoms with Gasteiger partial charge in [-0.1, -0.05) is 0 Å². The van der Waals surface area contributed by atoms with Crippen molar-refractivity contribution in [2.24, 2.45) is 0 Å². The second kappa shape index (κ2) is 4.77. The van der Waals surface area contributed by atoms with Crippen LogP contribution < -0.4 is 4.74 Å². The van der Waals surface area contributed by atoms with Gasteiger partial charge < -0.3 is 9.15 Å². The van der Waals surface area contributed by atoms with E-state index in [2.05, 4.69) is 4.98 Å². The minimum Gasteiger partial charge on any atom is -0.436 e. The number of fused-ring (bicyclic) bond motifs is 1. The van der Waals surface area contributed by atoms with Crippen LogP contribution in [0.4, 0.5) is 4.39 Å². The fraction of sp³-hybridized carbons (Fsp3) is 0.0667. The molecule has 0 saturated carbocycles. The third-order valence-electron chi connectivity index (χ3n) is 2.71. The van der Waals surface area contributed by atoms with Crippen molar-refractivity contribution in [3.8, 4) is 17.2 Å². The lowest BCUT2D eigenvalue weighted by molar-refractivity contribution is -0.131. The number of halogens is 1. The molecule has 0 spiro atoms. The van der Waals surface area contributed by atoms with Gasteiger partial charge in [0.15, 0.2) is 5.58 Å². The van der Waals surface area contributed by atoms with Gasteiger partial charge in [-0.15, -0.1) is 0 Å². The Kier molecular flexibility index (Phi) is 2.95. The summed E-state index contributed by atoms with van der Waals surface area (Å²) in [7, 11) is 0. The number of nitrogens with zero attached hydrogens (tertiary/aromatic N) is 1. The highest BCUT2D eigenvalue weighted by atomic mass is 19.1. The Balaban J connectivity index is 2.01. The van der Waals surface area contributed by atoms with Crippen LogP contribution in [0.15, 0.2) is 46.9 Å². The third kappa shape index (κ3) is 2.38. The lowest BCUT2D eigenvalue weighted by Gasteiger charge is -1.98. The Morgan fingerprint density at radius 3 is 2.65 bits per heavy atom. The van der Waals surface area contributed by atoms with Crippen molar-refractivity contribution in [1.82, 2.24) is 4.98 Å². The number of oxazole rings is 1. The van der Waals surface area contributed by atoms with Gasteiger partial charge in [-0.2, -0.15) is 0 Å². The number of hydrogen-bond donors (Lipinski definition) is 0. The summed E-state index contributed by atoms with van der Waals surface area (Å²) < 4.78 is 23.4. The van der Waals surface area contributed by atoms with Gasteiger partial charge >= 0.3 is 5.97 Å². The normalized spacial score (nSPS) is 10.7. The first-order valence-corrected chi connectivity index (χ1v) is 5.97. The van der Waals surface area contributed by atoms with Gasteiger partial charge in [0, 0.05) is 18.6 Å². The number of rotatable bonds is 2. The first kappa shape index (κ1) is 12.3. The monoisotopic (exact) mass is 271 g/mol. The summed E-state index contributed by atoms with van der Waals surface area (Å²) in [6.45, 7) is 1.33. The molecule has 0 N–H and O–H groups in total. The van der Waals surface area contributed by atoms with Gasteiger partial charge in [0.25, 0.3) is 0 Å². The van der Waals surface area contributed by atoms with Crippen LogP contribution in [0.25, 0.3) is 22.6 Å². The number of benzene rings is 2. The fourth-order valence-corrected chi connectivity index (χ4v) is 1.85. The lowest BCUT2D eigenvalue weighted by atomic mass is 10.2. The van der Waals surface area contributed by atoms with Crippen LogP contribution in [-0.2, 0) is 4.79 Å². The number of ether oxygens (including phenoxy) is 1. The molecule has 3 rings (SSSR count). The smallest absolute Gasteiger partial charge is 0.308 e. The summed E-state index contributed by atoms with van der Waals surface area (Å²) in [5.41, 5.74) is 1.82. The largest absolute Gasteiger partial charge is 0.436 e. The third-order valence-corrected chi connectivity index (χ3v) is 2.71. The molecule has 0 unspecified atom stereocenters. The average molecular weight is 271 g/mol. The predicted octanol–water partition coefficient (Wildman–Crippen LogP) is 3.56. The van der Waals surface area contributed by atoms with Crippen molar-refractivity contribution < 1.29 is 18.3 Å². The van der Waals surface area contributed by atoms with Gasteiger partial charge in [0.1, 0.15) is 17.1 Å². The van der Waals surface area contributed by atoms with E-state index in [-0.39, 0.29) is 5.82 Å². The maximum atomic E-state index is 12.9. The lowest BCUT2D eigenvalue weighted by Crippen LogP contribution is -2.00. The molecule has 0 bridgehead atoms. The molecule has 0 amide bonds. The molecule has 3 aromatic rings. The zero-order valence-corrected chi connectivity index (χ0v) is 10.6. The van der Waals surface area contributed by atoms with E-state index < -0.39 is 5.97 Å². The summed E-state index contributed by atoms with van der Waals surface area (Å²) in [4.78, 5) is 15.2. The molecule has 2 aromatic carbocycles. The quantitative estimate of drug-likeness (QED) is 0.528. The van der Waals surface area contributed by atoms with Crippen LogP contribution >= 0.6 is 0 Å². The summed E-state index contributed by atoms with van der Waals surface area (Å²) in [6, 6.07) is 10.8. The topological polar surface area (TPSA) is 52.3 Å². The molecule has 0 fully saturated rings. The Bertz CT molecular complexity index is 777. The van der Waals surface area contributed by atoms with Crippen LogP contribution in [0, 0.1) is 5.82 Å². The molecule has 100 valence electrons. The van der Waals surface area contributed by atoms with E-state index in [0.717, 1.165) is 0 Å². The molecule has 0 radical (unpaired) electrons.